The van der Waals surface area contributed by atoms with Crippen molar-refractivity contribution in [2.24, 2.45) is 11.8 Å². The second kappa shape index (κ2) is 4.99. The molecule has 2 rings (SSSR count). The molecular formula is C13H22N2. The van der Waals surface area contributed by atoms with E-state index in [0.717, 1.165) is 18.4 Å². The molecule has 0 saturated heterocycles. The van der Waals surface area contributed by atoms with Crippen molar-refractivity contribution in [2.45, 2.75) is 64.0 Å². The van der Waals surface area contributed by atoms with Crippen LogP contribution in [0, 0.1) is 23.2 Å². The fraction of sp³-hybridized carbons (Fsp3) is 0.923. The van der Waals surface area contributed by atoms with Crippen LogP contribution in [0.15, 0.2) is 0 Å². The fourth-order valence-electron chi connectivity index (χ4n) is 2.90. The molecule has 2 fully saturated rings. The first-order chi connectivity index (χ1) is 7.35. The molecule has 0 heterocycles. The molecule has 0 radical (unpaired) electrons. The van der Waals surface area contributed by atoms with Gasteiger partial charge in [0.2, 0.25) is 0 Å². The molecule has 2 heteroatoms. The summed E-state index contributed by atoms with van der Waals surface area (Å²) in [6.45, 7) is 2.26. The molecule has 0 aromatic rings. The highest BCUT2D eigenvalue weighted by atomic mass is 15.0. The Morgan fingerprint density at radius 3 is 2.80 bits per heavy atom. The molecule has 0 aromatic carbocycles. The molecule has 0 bridgehead atoms. The van der Waals surface area contributed by atoms with Crippen LogP contribution in [0.3, 0.4) is 0 Å². The highest BCUT2D eigenvalue weighted by Gasteiger charge is 2.39. The first kappa shape index (κ1) is 11.0. The van der Waals surface area contributed by atoms with Gasteiger partial charge in [0, 0.05) is 12.1 Å². The summed E-state index contributed by atoms with van der Waals surface area (Å²) < 4.78 is 0. The predicted octanol–water partition coefficient (Wildman–Crippen LogP) is 2.85. The molecule has 4 atom stereocenters. The van der Waals surface area contributed by atoms with Gasteiger partial charge in [0.1, 0.15) is 0 Å². The third-order valence-electron chi connectivity index (χ3n) is 3.94. The monoisotopic (exact) mass is 206 g/mol. The van der Waals surface area contributed by atoms with Gasteiger partial charge in [0.15, 0.2) is 0 Å². The summed E-state index contributed by atoms with van der Waals surface area (Å²) in [5.74, 6) is 1.19. The highest BCUT2D eigenvalue weighted by molar-refractivity contribution is 5.00. The number of hydrogen-bond donors (Lipinski definition) is 1. The zero-order valence-electron chi connectivity index (χ0n) is 9.71. The van der Waals surface area contributed by atoms with Crippen LogP contribution in [0.1, 0.15) is 51.9 Å². The molecule has 2 saturated carbocycles. The van der Waals surface area contributed by atoms with Gasteiger partial charge in [-0.05, 0) is 31.6 Å². The van der Waals surface area contributed by atoms with Crippen molar-refractivity contribution in [3.8, 4) is 6.07 Å². The van der Waals surface area contributed by atoms with E-state index < -0.39 is 0 Å². The number of rotatable bonds is 4. The van der Waals surface area contributed by atoms with E-state index in [9.17, 15) is 0 Å². The summed E-state index contributed by atoms with van der Waals surface area (Å²) in [5.41, 5.74) is 0. The van der Waals surface area contributed by atoms with Gasteiger partial charge in [0.05, 0.1) is 12.0 Å². The van der Waals surface area contributed by atoms with Crippen molar-refractivity contribution < 1.29 is 0 Å². The molecule has 2 aliphatic rings. The lowest BCUT2D eigenvalue weighted by Gasteiger charge is -2.27. The zero-order chi connectivity index (χ0) is 10.7. The van der Waals surface area contributed by atoms with Gasteiger partial charge in [-0.1, -0.05) is 26.2 Å². The summed E-state index contributed by atoms with van der Waals surface area (Å²) in [6, 6.07) is 3.71. The van der Waals surface area contributed by atoms with E-state index in [4.69, 9.17) is 5.26 Å². The SMILES string of the molecule is CCCC1CC1NC1CCCCC1C#N. The molecule has 0 aliphatic heterocycles. The van der Waals surface area contributed by atoms with E-state index in [1.54, 1.807) is 0 Å². The van der Waals surface area contributed by atoms with Crippen LogP contribution in [0.5, 0.6) is 0 Å². The average Bonchev–Trinajstić information content (AvgIpc) is 2.98. The normalized spacial score (nSPS) is 39.7. The summed E-state index contributed by atoms with van der Waals surface area (Å²) in [6.07, 6.45) is 8.90. The Bertz CT molecular complexity index is 243. The van der Waals surface area contributed by atoms with Gasteiger partial charge in [0.25, 0.3) is 0 Å². The minimum Gasteiger partial charge on any atom is -0.310 e. The van der Waals surface area contributed by atoms with Gasteiger partial charge in [-0.2, -0.15) is 5.26 Å². The second-order valence-electron chi connectivity index (χ2n) is 5.18. The van der Waals surface area contributed by atoms with Crippen LogP contribution < -0.4 is 5.32 Å². The maximum atomic E-state index is 9.07. The minimum atomic E-state index is 0.279. The Morgan fingerprint density at radius 1 is 1.27 bits per heavy atom. The topological polar surface area (TPSA) is 35.8 Å². The quantitative estimate of drug-likeness (QED) is 0.767. The third kappa shape index (κ3) is 2.72. The van der Waals surface area contributed by atoms with E-state index in [1.807, 2.05) is 0 Å². The molecule has 0 spiro atoms. The molecule has 2 aliphatic carbocycles. The molecule has 1 N–H and O–H groups in total. The van der Waals surface area contributed by atoms with Crippen LogP contribution in [0.2, 0.25) is 0 Å². The molecule has 4 unspecified atom stereocenters. The van der Waals surface area contributed by atoms with E-state index in [2.05, 4.69) is 18.3 Å². The maximum absolute atomic E-state index is 9.07. The molecule has 0 amide bonds. The lowest BCUT2D eigenvalue weighted by Crippen LogP contribution is -2.39. The second-order valence-corrected chi connectivity index (χ2v) is 5.18. The van der Waals surface area contributed by atoms with E-state index in [0.29, 0.717) is 6.04 Å². The Balaban J connectivity index is 1.76. The van der Waals surface area contributed by atoms with Gasteiger partial charge < -0.3 is 5.32 Å². The van der Waals surface area contributed by atoms with E-state index in [1.165, 1.54) is 38.5 Å². The van der Waals surface area contributed by atoms with Crippen LogP contribution in [-0.2, 0) is 0 Å². The van der Waals surface area contributed by atoms with Gasteiger partial charge in [-0.3, -0.25) is 0 Å². The lowest BCUT2D eigenvalue weighted by atomic mass is 9.85. The lowest BCUT2D eigenvalue weighted by molar-refractivity contribution is 0.306. The van der Waals surface area contributed by atoms with Crippen molar-refractivity contribution in [1.29, 1.82) is 5.26 Å². The molecule has 84 valence electrons. The van der Waals surface area contributed by atoms with Crippen LogP contribution in [0.4, 0.5) is 0 Å². The van der Waals surface area contributed by atoms with Crippen LogP contribution in [0.25, 0.3) is 0 Å². The van der Waals surface area contributed by atoms with E-state index >= 15 is 0 Å². The van der Waals surface area contributed by atoms with Crippen molar-refractivity contribution in [3.05, 3.63) is 0 Å². The van der Waals surface area contributed by atoms with Crippen molar-refractivity contribution >= 4 is 0 Å². The van der Waals surface area contributed by atoms with Gasteiger partial charge in [-0.25, -0.2) is 0 Å². The van der Waals surface area contributed by atoms with Gasteiger partial charge >= 0.3 is 0 Å². The highest BCUT2D eigenvalue weighted by Crippen LogP contribution is 2.36. The molecule has 15 heavy (non-hydrogen) atoms. The fourth-order valence-corrected chi connectivity index (χ4v) is 2.90. The summed E-state index contributed by atoms with van der Waals surface area (Å²) in [7, 11) is 0. The van der Waals surface area contributed by atoms with Crippen molar-refractivity contribution in [1.82, 2.24) is 5.32 Å². The zero-order valence-corrected chi connectivity index (χ0v) is 9.71. The predicted molar refractivity (Wildman–Crippen MR) is 61.3 cm³/mol. The number of nitriles is 1. The maximum Gasteiger partial charge on any atom is 0.0672 e. The van der Waals surface area contributed by atoms with Crippen molar-refractivity contribution in [2.75, 3.05) is 0 Å². The van der Waals surface area contributed by atoms with E-state index in [-0.39, 0.29) is 5.92 Å². The summed E-state index contributed by atoms with van der Waals surface area (Å²) in [5, 5.41) is 12.8. The molecular weight excluding hydrogens is 184 g/mol. The summed E-state index contributed by atoms with van der Waals surface area (Å²) >= 11 is 0. The Kier molecular flexibility index (Phi) is 3.64. The first-order valence-corrected chi connectivity index (χ1v) is 6.50. The van der Waals surface area contributed by atoms with Gasteiger partial charge in [-0.15, -0.1) is 0 Å². The standard InChI is InChI=1S/C13H22N2/c1-2-5-10-8-13(10)15-12-7-4-3-6-11(12)9-14/h10-13,15H,2-8H2,1H3. The first-order valence-electron chi connectivity index (χ1n) is 6.50. The third-order valence-corrected chi connectivity index (χ3v) is 3.94. The largest absolute Gasteiger partial charge is 0.310 e. The summed E-state index contributed by atoms with van der Waals surface area (Å²) in [4.78, 5) is 0. The Labute approximate surface area is 93.0 Å². The van der Waals surface area contributed by atoms with Crippen LogP contribution >= 0.6 is 0 Å². The van der Waals surface area contributed by atoms with Crippen molar-refractivity contribution in [3.63, 3.8) is 0 Å². The minimum absolute atomic E-state index is 0.279. The molecule has 0 aromatic heterocycles. The number of hydrogen-bond acceptors (Lipinski definition) is 2. The average molecular weight is 206 g/mol. The van der Waals surface area contributed by atoms with Crippen LogP contribution in [-0.4, -0.2) is 12.1 Å². The Hall–Kier alpha value is -0.550. The number of nitrogens with zero attached hydrogens (tertiary/aromatic N) is 1. The smallest absolute Gasteiger partial charge is 0.0672 e. The number of nitrogens with one attached hydrogen (secondary N) is 1. The Morgan fingerprint density at radius 2 is 2.07 bits per heavy atom. The molecule has 2 nitrogen and oxygen atoms in total.